The van der Waals surface area contributed by atoms with Gasteiger partial charge in [0, 0.05) is 29.8 Å². The van der Waals surface area contributed by atoms with Crippen LogP contribution in [0.4, 0.5) is 0 Å². The quantitative estimate of drug-likeness (QED) is 0.638. The highest BCUT2D eigenvalue weighted by atomic mass is 35.5. The van der Waals surface area contributed by atoms with E-state index in [1.807, 2.05) is 13.1 Å². The molecule has 3 rings (SSSR count). The first kappa shape index (κ1) is 13.6. The van der Waals surface area contributed by atoms with Crippen LogP contribution in [-0.2, 0) is 0 Å². The van der Waals surface area contributed by atoms with Crippen molar-refractivity contribution in [2.24, 2.45) is 5.92 Å². The fraction of sp³-hybridized carbons (Fsp3) is 0.357. The van der Waals surface area contributed by atoms with Crippen molar-refractivity contribution in [3.8, 4) is 5.88 Å². The lowest BCUT2D eigenvalue weighted by molar-refractivity contribution is 0.285. The Bertz CT molecular complexity index is 598. The van der Waals surface area contributed by atoms with E-state index in [4.69, 9.17) is 27.9 Å². The van der Waals surface area contributed by atoms with E-state index in [0.717, 1.165) is 12.1 Å². The van der Waals surface area contributed by atoms with Gasteiger partial charge in [0.25, 0.3) is 0 Å². The molecule has 2 atom stereocenters. The SMILES string of the molecule is Cc1ccc([C@H]2C[C@@H]2COc2cc(Cl)nc(Cl)n2)nc1. The highest BCUT2D eigenvalue weighted by Gasteiger charge is 2.40. The molecular formula is C14H13Cl2N3O. The lowest BCUT2D eigenvalue weighted by atomic mass is 10.2. The van der Waals surface area contributed by atoms with Gasteiger partial charge in [0.15, 0.2) is 0 Å². The van der Waals surface area contributed by atoms with Crippen LogP contribution in [0.25, 0.3) is 0 Å². The summed E-state index contributed by atoms with van der Waals surface area (Å²) in [5, 5.41) is 0.382. The van der Waals surface area contributed by atoms with E-state index in [9.17, 15) is 0 Å². The van der Waals surface area contributed by atoms with Crippen LogP contribution in [-0.4, -0.2) is 21.6 Å². The predicted molar refractivity (Wildman–Crippen MR) is 77.4 cm³/mol. The molecule has 1 fully saturated rings. The third-order valence-corrected chi connectivity index (χ3v) is 3.69. The highest BCUT2D eigenvalue weighted by molar-refractivity contribution is 6.31. The Morgan fingerprint density at radius 2 is 2.15 bits per heavy atom. The number of aryl methyl sites for hydroxylation is 1. The van der Waals surface area contributed by atoms with Gasteiger partial charge in [-0.05, 0) is 36.6 Å². The van der Waals surface area contributed by atoms with Gasteiger partial charge in [-0.2, -0.15) is 4.98 Å². The van der Waals surface area contributed by atoms with E-state index in [1.54, 1.807) is 6.07 Å². The highest BCUT2D eigenvalue weighted by Crippen LogP contribution is 2.46. The van der Waals surface area contributed by atoms with Crippen molar-refractivity contribution in [2.75, 3.05) is 6.61 Å². The molecule has 0 amide bonds. The maximum Gasteiger partial charge on any atom is 0.227 e. The number of aromatic nitrogens is 3. The summed E-state index contributed by atoms with van der Waals surface area (Å²) in [6.45, 7) is 2.62. The third-order valence-electron chi connectivity index (χ3n) is 3.33. The van der Waals surface area contributed by atoms with Crippen LogP contribution in [0.3, 0.4) is 0 Å². The van der Waals surface area contributed by atoms with E-state index < -0.39 is 0 Å². The average Bonchev–Trinajstić information content (AvgIpc) is 3.16. The van der Waals surface area contributed by atoms with Crippen LogP contribution < -0.4 is 4.74 Å². The molecule has 1 saturated carbocycles. The molecule has 0 spiro atoms. The van der Waals surface area contributed by atoms with Crippen LogP contribution >= 0.6 is 23.2 Å². The second kappa shape index (κ2) is 5.54. The minimum Gasteiger partial charge on any atom is -0.477 e. The topological polar surface area (TPSA) is 47.9 Å². The first-order valence-corrected chi connectivity index (χ1v) is 7.13. The molecule has 0 N–H and O–H groups in total. The largest absolute Gasteiger partial charge is 0.477 e. The molecule has 6 heteroatoms. The number of ether oxygens (including phenoxy) is 1. The molecular weight excluding hydrogens is 297 g/mol. The van der Waals surface area contributed by atoms with Crippen molar-refractivity contribution in [1.29, 1.82) is 0 Å². The van der Waals surface area contributed by atoms with Gasteiger partial charge < -0.3 is 4.74 Å². The summed E-state index contributed by atoms with van der Waals surface area (Å²) in [7, 11) is 0. The molecule has 4 nitrogen and oxygen atoms in total. The molecule has 0 unspecified atom stereocenters. The van der Waals surface area contributed by atoms with Crippen LogP contribution in [0.5, 0.6) is 5.88 Å². The molecule has 20 heavy (non-hydrogen) atoms. The standard InChI is InChI=1S/C14H13Cl2N3O/c1-8-2-3-11(17-6-8)10-4-9(10)7-20-13-5-12(15)18-14(16)19-13/h2-3,5-6,9-10H,4,7H2,1H3/t9-,10+/m1/s1. The van der Waals surface area contributed by atoms with E-state index in [0.29, 0.717) is 24.3 Å². The summed E-state index contributed by atoms with van der Waals surface area (Å²) >= 11 is 11.5. The Hall–Kier alpha value is -1.39. The summed E-state index contributed by atoms with van der Waals surface area (Å²) < 4.78 is 5.62. The van der Waals surface area contributed by atoms with E-state index in [1.165, 1.54) is 5.56 Å². The molecule has 1 aliphatic carbocycles. The summed E-state index contributed by atoms with van der Waals surface area (Å²) in [4.78, 5) is 12.2. The van der Waals surface area contributed by atoms with E-state index in [2.05, 4.69) is 27.1 Å². The Morgan fingerprint density at radius 1 is 1.30 bits per heavy atom. The first-order valence-electron chi connectivity index (χ1n) is 6.37. The number of rotatable bonds is 4. The fourth-order valence-electron chi connectivity index (χ4n) is 2.13. The lowest BCUT2D eigenvalue weighted by Gasteiger charge is -2.05. The van der Waals surface area contributed by atoms with Gasteiger partial charge in [0.05, 0.1) is 6.61 Å². The van der Waals surface area contributed by atoms with Gasteiger partial charge in [-0.1, -0.05) is 17.7 Å². The second-order valence-electron chi connectivity index (χ2n) is 4.97. The zero-order valence-electron chi connectivity index (χ0n) is 10.9. The lowest BCUT2D eigenvalue weighted by Crippen LogP contribution is -2.03. The summed E-state index contributed by atoms with van der Waals surface area (Å²) in [5.41, 5.74) is 2.30. The minimum atomic E-state index is 0.0973. The van der Waals surface area contributed by atoms with Gasteiger partial charge in [-0.3, -0.25) is 4.98 Å². The first-order chi connectivity index (χ1) is 9.61. The van der Waals surface area contributed by atoms with Crippen molar-refractivity contribution in [3.05, 3.63) is 46.1 Å². The van der Waals surface area contributed by atoms with Gasteiger partial charge in [0.2, 0.25) is 11.2 Å². The van der Waals surface area contributed by atoms with Crippen molar-refractivity contribution in [3.63, 3.8) is 0 Å². The zero-order chi connectivity index (χ0) is 14.1. The zero-order valence-corrected chi connectivity index (χ0v) is 12.4. The van der Waals surface area contributed by atoms with Crippen molar-refractivity contribution in [1.82, 2.24) is 15.0 Å². The van der Waals surface area contributed by atoms with Gasteiger partial charge in [-0.25, -0.2) is 4.98 Å². The van der Waals surface area contributed by atoms with Gasteiger partial charge in [0.1, 0.15) is 5.15 Å². The molecule has 2 heterocycles. The number of hydrogen-bond acceptors (Lipinski definition) is 4. The second-order valence-corrected chi connectivity index (χ2v) is 5.70. The van der Waals surface area contributed by atoms with Gasteiger partial charge >= 0.3 is 0 Å². The molecule has 1 aliphatic rings. The predicted octanol–water partition coefficient (Wildman–Crippen LogP) is 3.67. The summed E-state index contributed by atoms with van der Waals surface area (Å²) in [6.07, 6.45) is 2.98. The molecule has 0 aliphatic heterocycles. The Morgan fingerprint density at radius 3 is 2.85 bits per heavy atom. The molecule has 104 valence electrons. The third kappa shape index (κ3) is 3.19. The van der Waals surface area contributed by atoms with Crippen LogP contribution in [0, 0.1) is 12.8 Å². The van der Waals surface area contributed by atoms with Crippen molar-refractivity contribution >= 4 is 23.2 Å². The molecule has 2 aromatic heterocycles. The fourth-order valence-corrected chi connectivity index (χ4v) is 2.52. The van der Waals surface area contributed by atoms with Crippen molar-refractivity contribution < 1.29 is 4.74 Å². The molecule has 0 radical (unpaired) electrons. The molecule has 2 aromatic rings. The number of nitrogens with zero attached hydrogens (tertiary/aromatic N) is 3. The van der Waals surface area contributed by atoms with Crippen LogP contribution in [0.2, 0.25) is 10.4 Å². The normalized spacial score (nSPS) is 20.8. The minimum absolute atomic E-state index is 0.0973. The van der Waals surface area contributed by atoms with Crippen LogP contribution in [0.1, 0.15) is 23.6 Å². The molecule has 0 aromatic carbocycles. The molecule has 0 bridgehead atoms. The smallest absolute Gasteiger partial charge is 0.227 e. The van der Waals surface area contributed by atoms with Crippen molar-refractivity contribution in [2.45, 2.75) is 19.3 Å². The number of pyridine rings is 1. The van der Waals surface area contributed by atoms with E-state index in [-0.39, 0.29) is 10.4 Å². The molecule has 0 saturated heterocycles. The van der Waals surface area contributed by atoms with E-state index >= 15 is 0 Å². The Balaban J connectivity index is 1.57. The Labute approximate surface area is 127 Å². The summed E-state index contributed by atoms with van der Waals surface area (Å²) in [6, 6.07) is 5.73. The number of halogens is 2. The maximum atomic E-state index is 5.79. The van der Waals surface area contributed by atoms with Gasteiger partial charge in [-0.15, -0.1) is 0 Å². The summed E-state index contributed by atoms with van der Waals surface area (Å²) in [5.74, 6) is 1.36. The number of hydrogen-bond donors (Lipinski definition) is 0. The average molecular weight is 310 g/mol. The monoisotopic (exact) mass is 309 g/mol. The maximum absolute atomic E-state index is 5.79. The Kier molecular flexibility index (Phi) is 3.76. The van der Waals surface area contributed by atoms with Crippen LogP contribution in [0.15, 0.2) is 24.4 Å².